The Balaban J connectivity index is 3.62. The van der Waals surface area contributed by atoms with Crippen molar-refractivity contribution in [3.8, 4) is 0 Å². The van der Waals surface area contributed by atoms with Crippen molar-refractivity contribution in [3.63, 3.8) is 0 Å². The minimum Gasteiger partial charge on any atom is -0.389 e. The highest BCUT2D eigenvalue weighted by atomic mass is 16.3. The monoisotopic (exact) mass is 142 g/mol. The Morgan fingerprint density at radius 2 is 2.10 bits per heavy atom. The van der Waals surface area contributed by atoms with Crippen LogP contribution in [0.4, 0.5) is 0 Å². The summed E-state index contributed by atoms with van der Waals surface area (Å²) in [5.41, 5.74) is 1.28. The van der Waals surface area contributed by atoms with E-state index in [1.54, 1.807) is 0 Å². The van der Waals surface area contributed by atoms with Gasteiger partial charge in [0.2, 0.25) is 0 Å². The van der Waals surface area contributed by atoms with Crippen LogP contribution in [0.5, 0.6) is 0 Å². The van der Waals surface area contributed by atoms with E-state index in [1.165, 1.54) is 5.57 Å². The second-order valence-electron chi connectivity index (χ2n) is 2.72. The van der Waals surface area contributed by atoms with Gasteiger partial charge in [0.25, 0.3) is 0 Å². The van der Waals surface area contributed by atoms with Crippen molar-refractivity contribution in [1.82, 2.24) is 0 Å². The van der Waals surface area contributed by atoms with Crippen molar-refractivity contribution in [2.75, 3.05) is 0 Å². The fourth-order valence-corrected chi connectivity index (χ4v) is 0.825. The summed E-state index contributed by atoms with van der Waals surface area (Å²) in [6, 6.07) is 0. The maximum atomic E-state index is 9.27. The molecule has 1 atom stereocenters. The summed E-state index contributed by atoms with van der Waals surface area (Å²) >= 11 is 0. The smallest absolute Gasteiger partial charge is 0.0723 e. The molecule has 1 unspecified atom stereocenters. The van der Waals surface area contributed by atoms with Gasteiger partial charge in [-0.25, -0.2) is 0 Å². The average Bonchev–Trinajstić information content (AvgIpc) is 1.88. The Kier molecular flexibility index (Phi) is 5.32. The third-order valence-corrected chi connectivity index (χ3v) is 1.62. The molecule has 0 saturated carbocycles. The first-order valence-corrected chi connectivity index (χ1v) is 4.06. The normalized spacial score (nSPS) is 15.4. The highest BCUT2D eigenvalue weighted by Crippen LogP contribution is 2.04. The minimum atomic E-state index is -0.218. The van der Waals surface area contributed by atoms with Crippen molar-refractivity contribution in [2.24, 2.45) is 0 Å². The fourth-order valence-electron chi connectivity index (χ4n) is 0.825. The van der Waals surface area contributed by atoms with Gasteiger partial charge in [0.15, 0.2) is 0 Å². The second-order valence-corrected chi connectivity index (χ2v) is 2.72. The quantitative estimate of drug-likeness (QED) is 0.598. The van der Waals surface area contributed by atoms with Crippen LogP contribution in [0.1, 0.15) is 40.0 Å². The van der Waals surface area contributed by atoms with Crippen molar-refractivity contribution in [2.45, 2.75) is 46.1 Å². The molecule has 1 N–H and O–H groups in total. The lowest BCUT2D eigenvalue weighted by Crippen LogP contribution is -2.01. The van der Waals surface area contributed by atoms with Gasteiger partial charge in [-0.2, -0.15) is 0 Å². The van der Waals surface area contributed by atoms with Crippen LogP contribution in [-0.2, 0) is 0 Å². The van der Waals surface area contributed by atoms with Crippen molar-refractivity contribution < 1.29 is 5.11 Å². The van der Waals surface area contributed by atoms with Gasteiger partial charge in [0.1, 0.15) is 0 Å². The molecule has 60 valence electrons. The minimum absolute atomic E-state index is 0.218. The lowest BCUT2D eigenvalue weighted by atomic mass is 10.1. The van der Waals surface area contributed by atoms with Crippen molar-refractivity contribution in [1.29, 1.82) is 0 Å². The molecular formula is C9H18O. The number of hydrogen-bond donors (Lipinski definition) is 1. The average molecular weight is 142 g/mol. The van der Waals surface area contributed by atoms with Crippen LogP contribution in [-0.4, -0.2) is 11.2 Å². The second kappa shape index (κ2) is 5.48. The molecule has 0 fully saturated rings. The Labute approximate surface area is 63.8 Å². The molecule has 0 aromatic heterocycles. The molecule has 1 heteroatoms. The van der Waals surface area contributed by atoms with Crippen molar-refractivity contribution >= 4 is 0 Å². The number of allylic oxidation sites excluding steroid dienone is 1. The van der Waals surface area contributed by atoms with Gasteiger partial charge in [0, 0.05) is 0 Å². The summed E-state index contributed by atoms with van der Waals surface area (Å²) in [7, 11) is 0. The number of aliphatic hydroxyl groups is 1. The van der Waals surface area contributed by atoms with E-state index >= 15 is 0 Å². The summed E-state index contributed by atoms with van der Waals surface area (Å²) in [5.74, 6) is 0. The molecule has 0 rings (SSSR count). The van der Waals surface area contributed by atoms with Gasteiger partial charge in [-0.3, -0.25) is 0 Å². The Hall–Kier alpha value is -0.300. The summed E-state index contributed by atoms with van der Waals surface area (Å²) in [6.45, 7) is 6.24. The summed E-state index contributed by atoms with van der Waals surface area (Å²) in [4.78, 5) is 0. The molecule has 10 heavy (non-hydrogen) atoms. The first-order chi connectivity index (χ1) is 4.70. The topological polar surface area (TPSA) is 20.2 Å². The van der Waals surface area contributed by atoms with E-state index in [-0.39, 0.29) is 6.10 Å². The zero-order chi connectivity index (χ0) is 7.98. The molecule has 0 heterocycles. The molecule has 0 spiro atoms. The molecule has 0 bridgehead atoms. The van der Waals surface area contributed by atoms with Crippen LogP contribution in [0.15, 0.2) is 11.6 Å². The SMILES string of the molecule is CCCC(O)C=C(C)CC. The molecule has 0 aliphatic rings. The largest absolute Gasteiger partial charge is 0.389 e. The van der Waals surface area contributed by atoms with Gasteiger partial charge < -0.3 is 5.11 Å². The predicted molar refractivity (Wildman–Crippen MR) is 45.0 cm³/mol. The Morgan fingerprint density at radius 3 is 2.50 bits per heavy atom. The third kappa shape index (κ3) is 4.57. The number of aliphatic hydroxyl groups excluding tert-OH is 1. The van der Waals surface area contributed by atoms with Crippen LogP contribution in [0.2, 0.25) is 0 Å². The van der Waals surface area contributed by atoms with Crippen molar-refractivity contribution in [3.05, 3.63) is 11.6 Å². The van der Waals surface area contributed by atoms with Gasteiger partial charge in [-0.05, 0) is 19.8 Å². The van der Waals surface area contributed by atoms with E-state index in [9.17, 15) is 5.11 Å². The van der Waals surface area contributed by atoms with Gasteiger partial charge in [-0.15, -0.1) is 0 Å². The van der Waals surface area contributed by atoms with E-state index < -0.39 is 0 Å². The summed E-state index contributed by atoms with van der Waals surface area (Å²) < 4.78 is 0. The molecule has 0 saturated heterocycles. The summed E-state index contributed by atoms with van der Waals surface area (Å²) in [6.07, 6.45) is 4.71. The summed E-state index contributed by atoms with van der Waals surface area (Å²) in [5, 5.41) is 9.27. The molecule has 1 nitrogen and oxygen atoms in total. The maximum absolute atomic E-state index is 9.27. The molecule has 0 aromatic rings. The molecule has 0 radical (unpaired) electrons. The van der Waals surface area contributed by atoms with Crippen LogP contribution in [0.3, 0.4) is 0 Å². The number of hydrogen-bond acceptors (Lipinski definition) is 1. The highest BCUT2D eigenvalue weighted by molar-refractivity contribution is 5.00. The van der Waals surface area contributed by atoms with E-state index in [1.807, 2.05) is 6.08 Å². The first-order valence-electron chi connectivity index (χ1n) is 4.06. The lowest BCUT2D eigenvalue weighted by Gasteiger charge is -2.03. The lowest BCUT2D eigenvalue weighted by molar-refractivity contribution is 0.210. The standard InChI is InChI=1S/C9H18O/c1-4-6-9(10)7-8(3)5-2/h7,9-10H,4-6H2,1-3H3. The van der Waals surface area contributed by atoms with E-state index in [0.717, 1.165) is 19.3 Å². The predicted octanol–water partition coefficient (Wildman–Crippen LogP) is 2.50. The number of rotatable bonds is 4. The zero-order valence-electron chi connectivity index (χ0n) is 7.22. The molecule has 0 amide bonds. The molecule has 0 aromatic carbocycles. The Bertz CT molecular complexity index is 105. The molecule has 0 aliphatic carbocycles. The van der Waals surface area contributed by atoms with E-state index in [0.29, 0.717) is 0 Å². The highest BCUT2D eigenvalue weighted by Gasteiger charge is 1.96. The van der Waals surface area contributed by atoms with Crippen LogP contribution >= 0.6 is 0 Å². The van der Waals surface area contributed by atoms with Gasteiger partial charge in [-0.1, -0.05) is 31.9 Å². The molecular weight excluding hydrogens is 124 g/mol. The van der Waals surface area contributed by atoms with E-state index in [4.69, 9.17) is 0 Å². The van der Waals surface area contributed by atoms with Crippen LogP contribution in [0, 0.1) is 0 Å². The first kappa shape index (κ1) is 9.70. The zero-order valence-corrected chi connectivity index (χ0v) is 7.22. The van der Waals surface area contributed by atoms with Crippen LogP contribution < -0.4 is 0 Å². The maximum Gasteiger partial charge on any atom is 0.0723 e. The van der Waals surface area contributed by atoms with Crippen LogP contribution in [0.25, 0.3) is 0 Å². The third-order valence-electron chi connectivity index (χ3n) is 1.62. The molecule has 0 aliphatic heterocycles. The Morgan fingerprint density at radius 1 is 1.50 bits per heavy atom. The van der Waals surface area contributed by atoms with Gasteiger partial charge >= 0.3 is 0 Å². The fraction of sp³-hybridized carbons (Fsp3) is 0.778. The van der Waals surface area contributed by atoms with Gasteiger partial charge in [0.05, 0.1) is 6.10 Å². The van der Waals surface area contributed by atoms with E-state index in [2.05, 4.69) is 20.8 Å².